The summed E-state index contributed by atoms with van der Waals surface area (Å²) in [6, 6.07) is 12.6. The number of nitrogens with one attached hydrogen (secondary N) is 2. The van der Waals surface area contributed by atoms with Crippen molar-refractivity contribution in [3.05, 3.63) is 52.6 Å². The van der Waals surface area contributed by atoms with E-state index in [0.29, 0.717) is 18.5 Å². The molecule has 1 aliphatic heterocycles. The summed E-state index contributed by atoms with van der Waals surface area (Å²) < 4.78 is 6.30. The molecule has 1 aromatic heterocycles. The molecule has 0 aliphatic carbocycles. The van der Waals surface area contributed by atoms with Crippen LogP contribution in [0, 0.1) is 0 Å². The summed E-state index contributed by atoms with van der Waals surface area (Å²) in [6.07, 6.45) is 2.82. The Balaban J connectivity index is 1.53. The van der Waals surface area contributed by atoms with E-state index >= 15 is 0 Å². The monoisotopic (exact) mass is 417 g/mol. The summed E-state index contributed by atoms with van der Waals surface area (Å²) in [5, 5.41) is 6.88. The quantitative estimate of drug-likeness (QED) is 0.578. The maximum atomic E-state index is 5.16. The molecule has 1 saturated heterocycles. The number of ether oxygens (including phenoxy) is 1. The van der Waals surface area contributed by atoms with Gasteiger partial charge in [0.2, 0.25) is 5.88 Å². The van der Waals surface area contributed by atoms with Crippen LogP contribution in [0.4, 0.5) is 5.69 Å². The minimum Gasteiger partial charge on any atom is -0.481 e. The van der Waals surface area contributed by atoms with Gasteiger partial charge in [-0.1, -0.05) is 12.1 Å². The highest BCUT2D eigenvalue weighted by atomic mass is 79.9. The molecule has 6 nitrogen and oxygen atoms in total. The molecular formula is C19H24BrN5O. The molecule has 3 rings (SSSR count). The fourth-order valence-corrected chi connectivity index (χ4v) is 3.59. The van der Waals surface area contributed by atoms with Crippen LogP contribution in [-0.4, -0.2) is 44.2 Å². The molecule has 1 fully saturated rings. The van der Waals surface area contributed by atoms with E-state index in [-0.39, 0.29) is 0 Å². The Kier molecular flexibility index (Phi) is 6.33. The van der Waals surface area contributed by atoms with E-state index in [1.807, 2.05) is 18.2 Å². The SMILES string of the molecule is CN=C(NCc1ccnc(OC)c1)NC1CCN(c2ccccc2Br)C1. The van der Waals surface area contributed by atoms with Crippen molar-refractivity contribution in [3.63, 3.8) is 0 Å². The van der Waals surface area contributed by atoms with Crippen molar-refractivity contribution in [2.24, 2.45) is 4.99 Å². The van der Waals surface area contributed by atoms with Crippen molar-refractivity contribution in [2.75, 3.05) is 32.1 Å². The maximum Gasteiger partial charge on any atom is 0.213 e. The Bertz CT molecular complexity index is 767. The average Bonchev–Trinajstić information content (AvgIpc) is 3.14. The maximum absolute atomic E-state index is 5.16. The van der Waals surface area contributed by atoms with Crippen LogP contribution < -0.4 is 20.3 Å². The second-order valence-corrected chi connectivity index (χ2v) is 7.01. The van der Waals surface area contributed by atoms with E-state index in [1.54, 1.807) is 20.4 Å². The van der Waals surface area contributed by atoms with Crippen molar-refractivity contribution in [3.8, 4) is 5.88 Å². The number of anilines is 1. The number of hydrogen-bond acceptors (Lipinski definition) is 4. The Labute approximate surface area is 162 Å². The van der Waals surface area contributed by atoms with Crippen molar-refractivity contribution >= 4 is 27.6 Å². The van der Waals surface area contributed by atoms with Crippen LogP contribution in [0.3, 0.4) is 0 Å². The fraction of sp³-hybridized carbons (Fsp3) is 0.368. The fourth-order valence-electron chi connectivity index (χ4n) is 3.05. The molecule has 2 N–H and O–H groups in total. The molecule has 2 heterocycles. The van der Waals surface area contributed by atoms with Crippen LogP contribution in [0.15, 0.2) is 52.1 Å². The molecule has 0 amide bonds. The van der Waals surface area contributed by atoms with E-state index in [9.17, 15) is 0 Å². The minimum absolute atomic E-state index is 0.361. The summed E-state index contributed by atoms with van der Waals surface area (Å²) in [5.41, 5.74) is 2.34. The van der Waals surface area contributed by atoms with E-state index < -0.39 is 0 Å². The summed E-state index contributed by atoms with van der Waals surface area (Å²) in [7, 11) is 3.42. The largest absolute Gasteiger partial charge is 0.481 e. The summed E-state index contributed by atoms with van der Waals surface area (Å²) in [6.45, 7) is 2.64. The molecule has 2 aromatic rings. The third-order valence-corrected chi connectivity index (χ3v) is 5.08. The van der Waals surface area contributed by atoms with Gasteiger partial charge in [0.05, 0.1) is 12.8 Å². The van der Waals surface area contributed by atoms with E-state index in [4.69, 9.17) is 4.74 Å². The van der Waals surface area contributed by atoms with Crippen LogP contribution in [0.25, 0.3) is 0 Å². The highest BCUT2D eigenvalue weighted by Crippen LogP contribution is 2.28. The molecule has 1 aromatic carbocycles. The molecule has 1 unspecified atom stereocenters. The zero-order valence-electron chi connectivity index (χ0n) is 15.1. The number of nitrogens with zero attached hydrogens (tertiary/aromatic N) is 3. The second-order valence-electron chi connectivity index (χ2n) is 6.16. The predicted molar refractivity (Wildman–Crippen MR) is 109 cm³/mol. The molecule has 7 heteroatoms. The van der Waals surface area contributed by atoms with E-state index in [1.165, 1.54) is 5.69 Å². The number of rotatable bonds is 5. The lowest BCUT2D eigenvalue weighted by Crippen LogP contribution is -2.44. The van der Waals surface area contributed by atoms with Gasteiger partial charge in [0.1, 0.15) is 0 Å². The molecule has 138 valence electrons. The van der Waals surface area contributed by atoms with Crippen LogP contribution >= 0.6 is 15.9 Å². The lowest BCUT2D eigenvalue weighted by atomic mass is 10.2. The van der Waals surface area contributed by atoms with E-state index in [0.717, 1.165) is 35.5 Å². The first kappa shape index (κ1) is 18.5. The predicted octanol–water partition coefficient (Wildman–Crippen LogP) is 2.80. The third-order valence-electron chi connectivity index (χ3n) is 4.41. The number of hydrogen-bond donors (Lipinski definition) is 2. The first-order chi connectivity index (χ1) is 12.7. The number of benzene rings is 1. The number of aliphatic imine (C=N–C) groups is 1. The first-order valence-corrected chi connectivity index (χ1v) is 9.44. The lowest BCUT2D eigenvalue weighted by molar-refractivity contribution is 0.397. The molecule has 0 radical (unpaired) electrons. The van der Waals surface area contributed by atoms with Crippen LogP contribution in [-0.2, 0) is 6.54 Å². The van der Waals surface area contributed by atoms with Crippen LogP contribution in [0.1, 0.15) is 12.0 Å². The Hall–Kier alpha value is -2.28. The summed E-state index contributed by atoms with van der Waals surface area (Å²) in [4.78, 5) is 10.9. The van der Waals surface area contributed by atoms with Crippen molar-refractivity contribution in [1.82, 2.24) is 15.6 Å². The van der Waals surface area contributed by atoms with Gasteiger partial charge in [0.25, 0.3) is 0 Å². The van der Waals surface area contributed by atoms with Gasteiger partial charge in [-0.05, 0) is 46.1 Å². The van der Waals surface area contributed by atoms with E-state index in [2.05, 4.69) is 59.6 Å². The van der Waals surface area contributed by atoms with Crippen molar-refractivity contribution in [2.45, 2.75) is 19.0 Å². The zero-order valence-corrected chi connectivity index (χ0v) is 16.7. The molecule has 0 bridgehead atoms. The molecule has 0 spiro atoms. The van der Waals surface area contributed by atoms with Gasteiger partial charge in [-0.25, -0.2) is 4.98 Å². The van der Waals surface area contributed by atoms with Gasteiger partial charge in [-0.3, -0.25) is 4.99 Å². The zero-order chi connectivity index (χ0) is 18.4. The smallest absolute Gasteiger partial charge is 0.213 e. The third kappa shape index (κ3) is 4.66. The first-order valence-electron chi connectivity index (χ1n) is 8.65. The average molecular weight is 418 g/mol. The van der Waals surface area contributed by atoms with Gasteiger partial charge in [0, 0.05) is 49.5 Å². The topological polar surface area (TPSA) is 61.8 Å². The van der Waals surface area contributed by atoms with Gasteiger partial charge in [-0.15, -0.1) is 0 Å². The summed E-state index contributed by atoms with van der Waals surface area (Å²) in [5.74, 6) is 1.42. The molecule has 1 aliphatic rings. The Morgan fingerprint density at radius 2 is 2.23 bits per heavy atom. The Morgan fingerprint density at radius 3 is 3.00 bits per heavy atom. The number of para-hydroxylation sites is 1. The number of guanidine groups is 1. The highest BCUT2D eigenvalue weighted by Gasteiger charge is 2.24. The van der Waals surface area contributed by atoms with Crippen molar-refractivity contribution < 1.29 is 4.74 Å². The second kappa shape index (κ2) is 8.89. The number of halogens is 1. The molecular weight excluding hydrogens is 394 g/mol. The lowest BCUT2D eigenvalue weighted by Gasteiger charge is -2.21. The van der Waals surface area contributed by atoms with Gasteiger partial charge >= 0.3 is 0 Å². The number of aromatic nitrogens is 1. The Morgan fingerprint density at radius 1 is 1.38 bits per heavy atom. The summed E-state index contributed by atoms with van der Waals surface area (Å²) >= 11 is 3.64. The standard InChI is InChI=1S/C19H24BrN5O/c1-21-19(23-12-14-7-9-22-18(11-14)26-2)24-15-8-10-25(13-15)17-6-4-3-5-16(17)20/h3-7,9,11,15H,8,10,12-13H2,1-2H3,(H2,21,23,24). The normalized spacial score (nSPS) is 17.3. The number of methoxy groups -OCH3 is 1. The van der Waals surface area contributed by atoms with Gasteiger partial charge in [-0.2, -0.15) is 0 Å². The van der Waals surface area contributed by atoms with Gasteiger partial charge < -0.3 is 20.3 Å². The highest BCUT2D eigenvalue weighted by molar-refractivity contribution is 9.10. The van der Waals surface area contributed by atoms with Gasteiger partial charge in [0.15, 0.2) is 5.96 Å². The molecule has 26 heavy (non-hydrogen) atoms. The van der Waals surface area contributed by atoms with Crippen molar-refractivity contribution in [1.29, 1.82) is 0 Å². The van der Waals surface area contributed by atoms with Crippen LogP contribution in [0.2, 0.25) is 0 Å². The van der Waals surface area contributed by atoms with Crippen LogP contribution in [0.5, 0.6) is 5.88 Å². The molecule has 0 saturated carbocycles. The minimum atomic E-state index is 0.361. The molecule has 1 atom stereocenters. The number of pyridine rings is 1.